The van der Waals surface area contributed by atoms with Gasteiger partial charge in [-0.3, -0.25) is 9.69 Å². The smallest absolute Gasteiger partial charge is 0.238 e. The van der Waals surface area contributed by atoms with Crippen LogP contribution in [-0.4, -0.2) is 51.9 Å². The summed E-state index contributed by atoms with van der Waals surface area (Å²) in [4.78, 5) is 19.2. The molecule has 1 fully saturated rings. The second-order valence-corrected chi connectivity index (χ2v) is 8.37. The van der Waals surface area contributed by atoms with Crippen molar-refractivity contribution >= 4 is 23.2 Å². The number of carbonyl (C=O) groups is 1. The minimum Gasteiger partial charge on any atom is -0.490 e. The van der Waals surface area contributed by atoms with Gasteiger partial charge in [-0.05, 0) is 55.3 Å². The summed E-state index contributed by atoms with van der Waals surface area (Å²) in [6, 6.07) is 11.6. The van der Waals surface area contributed by atoms with Crippen molar-refractivity contribution in [2.75, 3.05) is 31.6 Å². The van der Waals surface area contributed by atoms with Gasteiger partial charge in [-0.1, -0.05) is 17.7 Å². The van der Waals surface area contributed by atoms with Gasteiger partial charge in [0.25, 0.3) is 0 Å². The molecule has 1 atom stereocenters. The third kappa shape index (κ3) is 4.42. The molecule has 32 heavy (non-hydrogen) atoms. The minimum absolute atomic E-state index is 0.102. The van der Waals surface area contributed by atoms with Gasteiger partial charge in [-0.2, -0.15) is 5.10 Å². The van der Waals surface area contributed by atoms with E-state index in [2.05, 4.69) is 32.4 Å². The maximum atomic E-state index is 13.0. The Morgan fingerprint density at radius 2 is 2.00 bits per heavy atom. The van der Waals surface area contributed by atoms with E-state index < -0.39 is 0 Å². The van der Waals surface area contributed by atoms with Crippen LogP contribution >= 0.6 is 11.6 Å². The van der Waals surface area contributed by atoms with Crippen LogP contribution in [-0.2, 0) is 4.79 Å². The quantitative estimate of drug-likeness (QED) is 0.631. The number of nitrogens with one attached hydrogen (secondary N) is 1. The summed E-state index contributed by atoms with van der Waals surface area (Å²) in [7, 11) is 0. The number of hydrogen-bond donors (Lipinski definition) is 1. The Morgan fingerprint density at radius 1 is 1.12 bits per heavy atom. The van der Waals surface area contributed by atoms with Crippen LogP contribution in [0.15, 0.2) is 49.1 Å². The van der Waals surface area contributed by atoms with Gasteiger partial charge in [0.15, 0.2) is 11.5 Å². The number of benzene rings is 2. The van der Waals surface area contributed by atoms with Crippen molar-refractivity contribution in [3.8, 4) is 17.2 Å². The Balaban J connectivity index is 1.31. The number of amides is 1. The van der Waals surface area contributed by atoms with Gasteiger partial charge in [0, 0.05) is 17.5 Å². The average molecular weight is 454 g/mol. The van der Waals surface area contributed by atoms with Crippen LogP contribution in [0.2, 0.25) is 5.02 Å². The van der Waals surface area contributed by atoms with Gasteiger partial charge >= 0.3 is 0 Å². The van der Waals surface area contributed by atoms with E-state index in [0.29, 0.717) is 29.6 Å². The van der Waals surface area contributed by atoms with Gasteiger partial charge < -0.3 is 14.8 Å². The van der Waals surface area contributed by atoms with Crippen LogP contribution in [0.25, 0.3) is 5.69 Å². The topological polar surface area (TPSA) is 81.5 Å². The number of hydrogen-bond acceptors (Lipinski definition) is 6. The van der Waals surface area contributed by atoms with Crippen molar-refractivity contribution in [3.05, 3.63) is 59.6 Å². The summed E-state index contributed by atoms with van der Waals surface area (Å²) in [5.41, 5.74) is 2.45. The number of likely N-dealkylation sites (tertiary alicyclic amines) is 1. The lowest BCUT2D eigenvalue weighted by Gasteiger charge is -2.25. The summed E-state index contributed by atoms with van der Waals surface area (Å²) in [6.07, 6.45) is 5.94. The van der Waals surface area contributed by atoms with Gasteiger partial charge in [0.1, 0.15) is 12.7 Å². The Labute approximate surface area is 191 Å². The minimum atomic E-state index is -0.102. The molecule has 2 aliphatic rings. The Bertz CT molecular complexity index is 1110. The fraction of sp³-hybridized carbons (Fsp3) is 0.348. The number of halogens is 1. The standard InChI is InChI=1S/C23H24ClN5O3/c24-17-5-6-20(29-15-25-14-26-29)18(12-17)27-23(30)13-28-8-1-3-19(28)16-4-7-21-22(11-16)32-10-2-9-31-21/h4-7,11-12,14-15,19H,1-3,8-10,13H2,(H,27,30)/t19-/m0/s1. The van der Waals surface area contributed by atoms with Crippen LogP contribution in [0.4, 0.5) is 5.69 Å². The van der Waals surface area contributed by atoms with Gasteiger partial charge in [0.05, 0.1) is 31.1 Å². The molecule has 9 heteroatoms. The van der Waals surface area contributed by atoms with Gasteiger partial charge in [0.2, 0.25) is 5.91 Å². The molecule has 1 saturated heterocycles. The zero-order chi connectivity index (χ0) is 21.9. The molecule has 1 amide bonds. The summed E-state index contributed by atoms with van der Waals surface area (Å²) in [5, 5.41) is 7.70. The van der Waals surface area contributed by atoms with Crippen LogP contribution in [0, 0.1) is 0 Å². The molecular formula is C23H24ClN5O3. The fourth-order valence-electron chi connectivity index (χ4n) is 4.29. The third-order valence-electron chi connectivity index (χ3n) is 5.76. The monoisotopic (exact) mass is 453 g/mol. The predicted octanol–water partition coefficient (Wildman–Crippen LogP) is 3.86. The molecule has 0 spiro atoms. The largest absolute Gasteiger partial charge is 0.490 e. The van der Waals surface area contributed by atoms with E-state index in [9.17, 15) is 4.79 Å². The average Bonchev–Trinajstić information content (AvgIpc) is 3.41. The molecule has 0 aliphatic carbocycles. The number of aromatic nitrogens is 3. The normalized spacial score (nSPS) is 18.3. The number of ether oxygens (including phenoxy) is 2. The molecule has 0 bridgehead atoms. The first kappa shape index (κ1) is 20.8. The molecule has 2 aromatic carbocycles. The molecule has 2 aliphatic heterocycles. The number of fused-ring (bicyclic) bond motifs is 1. The lowest BCUT2D eigenvalue weighted by atomic mass is 10.0. The van der Waals surface area contributed by atoms with E-state index in [-0.39, 0.29) is 18.5 Å². The summed E-state index contributed by atoms with van der Waals surface area (Å²) in [6.45, 7) is 2.46. The molecule has 5 rings (SSSR count). The van der Waals surface area contributed by atoms with Crippen molar-refractivity contribution in [2.45, 2.75) is 25.3 Å². The first-order valence-corrected chi connectivity index (χ1v) is 11.1. The van der Waals surface area contributed by atoms with Crippen LogP contribution < -0.4 is 14.8 Å². The highest BCUT2D eigenvalue weighted by molar-refractivity contribution is 6.31. The fourth-order valence-corrected chi connectivity index (χ4v) is 4.47. The lowest BCUT2D eigenvalue weighted by Crippen LogP contribution is -2.33. The lowest BCUT2D eigenvalue weighted by molar-refractivity contribution is -0.117. The Morgan fingerprint density at radius 3 is 2.84 bits per heavy atom. The highest BCUT2D eigenvalue weighted by Gasteiger charge is 2.29. The van der Waals surface area contributed by atoms with Crippen LogP contribution in [0.1, 0.15) is 30.9 Å². The van der Waals surface area contributed by atoms with E-state index in [4.69, 9.17) is 21.1 Å². The SMILES string of the molecule is O=C(CN1CCC[C@H]1c1ccc2c(c1)OCCCO2)Nc1cc(Cl)ccc1-n1cncn1. The maximum Gasteiger partial charge on any atom is 0.238 e. The number of carbonyl (C=O) groups excluding carboxylic acids is 1. The molecule has 0 saturated carbocycles. The van der Waals surface area contributed by atoms with E-state index in [1.807, 2.05) is 12.1 Å². The molecule has 3 aromatic rings. The van der Waals surface area contributed by atoms with Crippen molar-refractivity contribution in [2.24, 2.45) is 0 Å². The second-order valence-electron chi connectivity index (χ2n) is 7.93. The highest BCUT2D eigenvalue weighted by atomic mass is 35.5. The van der Waals surface area contributed by atoms with Gasteiger partial charge in [-0.25, -0.2) is 9.67 Å². The molecule has 1 aromatic heterocycles. The van der Waals surface area contributed by atoms with Crippen molar-refractivity contribution in [3.63, 3.8) is 0 Å². The molecular weight excluding hydrogens is 430 g/mol. The Kier molecular flexibility index (Phi) is 5.96. The first-order chi connectivity index (χ1) is 15.7. The van der Waals surface area contributed by atoms with E-state index in [1.165, 1.54) is 6.33 Å². The van der Waals surface area contributed by atoms with Crippen molar-refractivity contribution in [1.82, 2.24) is 19.7 Å². The molecule has 8 nitrogen and oxygen atoms in total. The maximum absolute atomic E-state index is 13.0. The molecule has 3 heterocycles. The number of nitrogens with zero attached hydrogens (tertiary/aromatic N) is 4. The zero-order valence-corrected chi connectivity index (χ0v) is 18.3. The number of anilines is 1. The predicted molar refractivity (Wildman–Crippen MR) is 121 cm³/mol. The first-order valence-electron chi connectivity index (χ1n) is 10.8. The third-order valence-corrected chi connectivity index (χ3v) is 6.00. The van der Waals surface area contributed by atoms with Crippen molar-refractivity contribution < 1.29 is 14.3 Å². The van der Waals surface area contributed by atoms with Crippen LogP contribution in [0.5, 0.6) is 11.5 Å². The molecule has 0 radical (unpaired) electrons. The highest BCUT2D eigenvalue weighted by Crippen LogP contribution is 2.37. The Hall–Kier alpha value is -3.10. The number of rotatable bonds is 5. The summed E-state index contributed by atoms with van der Waals surface area (Å²) in [5.74, 6) is 1.47. The zero-order valence-electron chi connectivity index (χ0n) is 17.5. The van der Waals surface area contributed by atoms with E-state index in [1.54, 1.807) is 23.1 Å². The molecule has 166 valence electrons. The molecule has 0 unspecified atom stereocenters. The van der Waals surface area contributed by atoms with E-state index in [0.717, 1.165) is 42.9 Å². The summed E-state index contributed by atoms with van der Waals surface area (Å²) < 4.78 is 13.2. The summed E-state index contributed by atoms with van der Waals surface area (Å²) >= 11 is 6.18. The van der Waals surface area contributed by atoms with Crippen molar-refractivity contribution in [1.29, 1.82) is 0 Å². The second kappa shape index (κ2) is 9.18. The molecule has 1 N–H and O–H groups in total. The van der Waals surface area contributed by atoms with Gasteiger partial charge in [-0.15, -0.1) is 0 Å². The van der Waals surface area contributed by atoms with E-state index >= 15 is 0 Å². The van der Waals surface area contributed by atoms with Crippen LogP contribution in [0.3, 0.4) is 0 Å².